The fourth-order valence-corrected chi connectivity index (χ4v) is 1.83. The van der Waals surface area contributed by atoms with Gasteiger partial charge in [-0.15, -0.1) is 11.3 Å². The standard InChI is InChI=1S/C9H11NO3S2/c1-13-9(12)6(5-14)10-8(11)7-3-2-4-15-7/h2-4,6,14H,5H2,1H3,(H,10,11)/t6-/m0/s1. The Balaban J connectivity index is 2.60. The van der Waals surface area contributed by atoms with Crippen LogP contribution in [0.25, 0.3) is 0 Å². The predicted molar refractivity (Wildman–Crippen MR) is 61.4 cm³/mol. The van der Waals surface area contributed by atoms with Crippen LogP contribution in [0.3, 0.4) is 0 Å². The number of hydrogen-bond acceptors (Lipinski definition) is 5. The molecule has 0 fully saturated rings. The average molecular weight is 245 g/mol. The molecule has 1 N–H and O–H groups in total. The summed E-state index contributed by atoms with van der Waals surface area (Å²) >= 11 is 5.28. The first-order valence-corrected chi connectivity index (χ1v) is 5.73. The largest absolute Gasteiger partial charge is 0.467 e. The summed E-state index contributed by atoms with van der Waals surface area (Å²) < 4.78 is 4.52. The number of thiophene rings is 1. The van der Waals surface area contributed by atoms with Crippen LogP contribution in [0.15, 0.2) is 17.5 Å². The number of nitrogens with one attached hydrogen (secondary N) is 1. The van der Waals surface area contributed by atoms with E-state index in [4.69, 9.17) is 0 Å². The molecule has 1 aromatic heterocycles. The molecule has 0 saturated heterocycles. The molecule has 15 heavy (non-hydrogen) atoms. The normalized spacial score (nSPS) is 11.9. The van der Waals surface area contributed by atoms with Gasteiger partial charge in [-0.1, -0.05) is 6.07 Å². The number of methoxy groups -OCH3 is 1. The van der Waals surface area contributed by atoms with Crippen molar-refractivity contribution in [3.8, 4) is 0 Å². The first kappa shape index (κ1) is 12.1. The summed E-state index contributed by atoms with van der Waals surface area (Å²) in [4.78, 5) is 23.3. The molecule has 0 aromatic carbocycles. The van der Waals surface area contributed by atoms with Crippen molar-refractivity contribution in [3.05, 3.63) is 22.4 Å². The van der Waals surface area contributed by atoms with E-state index in [1.54, 1.807) is 17.5 Å². The van der Waals surface area contributed by atoms with Crippen LogP contribution in [0.4, 0.5) is 0 Å². The lowest BCUT2D eigenvalue weighted by Crippen LogP contribution is -2.42. The Kier molecular flexibility index (Phi) is 4.64. The van der Waals surface area contributed by atoms with Crippen molar-refractivity contribution < 1.29 is 14.3 Å². The summed E-state index contributed by atoms with van der Waals surface area (Å²) in [7, 11) is 1.27. The highest BCUT2D eigenvalue weighted by atomic mass is 32.1. The number of thiol groups is 1. The summed E-state index contributed by atoms with van der Waals surface area (Å²) in [6.07, 6.45) is 0. The van der Waals surface area contributed by atoms with Gasteiger partial charge in [0, 0.05) is 5.75 Å². The molecule has 0 aliphatic rings. The Morgan fingerprint density at radius 2 is 2.40 bits per heavy atom. The number of rotatable bonds is 4. The SMILES string of the molecule is COC(=O)[C@H](CS)NC(=O)c1cccs1. The predicted octanol–water partition coefficient (Wildman–Crippen LogP) is 0.949. The fourth-order valence-electron chi connectivity index (χ4n) is 0.958. The van der Waals surface area contributed by atoms with Gasteiger partial charge >= 0.3 is 5.97 Å². The second-order valence-corrected chi connectivity index (χ2v) is 4.02. The number of carbonyl (C=O) groups is 2. The summed E-state index contributed by atoms with van der Waals surface area (Å²) in [5.41, 5.74) is 0. The third-order valence-corrected chi connectivity index (χ3v) is 2.95. The smallest absolute Gasteiger partial charge is 0.329 e. The summed E-state index contributed by atoms with van der Waals surface area (Å²) in [5.74, 6) is -0.562. The topological polar surface area (TPSA) is 55.4 Å². The molecule has 1 aromatic rings. The maximum Gasteiger partial charge on any atom is 0.329 e. The van der Waals surface area contributed by atoms with Crippen molar-refractivity contribution in [1.29, 1.82) is 0 Å². The van der Waals surface area contributed by atoms with Gasteiger partial charge in [-0.05, 0) is 11.4 Å². The van der Waals surface area contributed by atoms with E-state index >= 15 is 0 Å². The van der Waals surface area contributed by atoms with Crippen molar-refractivity contribution in [2.24, 2.45) is 0 Å². The second-order valence-electron chi connectivity index (χ2n) is 2.71. The molecule has 0 unspecified atom stereocenters. The third kappa shape index (κ3) is 3.24. The molecule has 1 amide bonds. The van der Waals surface area contributed by atoms with Crippen LogP contribution in [0.2, 0.25) is 0 Å². The van der Waals surface area contributed by atoms with Gasteiger partial charge in [0.25, 0.3) is 5.91 Å². The molecule has 82 valence electrons. The molecule has 6 heteroatoms. The Morgan fingerprint density at radius 3 is 2.87 bits per heavy atom. The zero-order valence-electron chi connectivity index (χ0n) is 8.10. The van der Waals surface area contributed by atoms with E-state index in [9.17, 15) is 9.59 Å². The highest BCUT2D eigenvalue weighted by molar-refractivity contribution is 7.80. The van der Waals surface area contributed by atoms with Crippen molar-refractivity contribution >= 4 is 35.8 Å². The fraction of sp³-hybridized carbons (Fsp3) is 0.333. The van der Waals surface area contributed by atoms with Crippen LogP contribution >= 0.6 is 24.0 Å². The Labute approximate surface area is 97.0 Å². The van der Waals surface area contributed by atoms with Crippen molar-refractivity contribution in [2.75, 3.05) is 12.9 Å². The number of ether oxygens (including phenoxy) is 1. The summed E-state index contributed by atoms with van der Waals surface area (Å²) in [6, 6.07) is 2.76. The number of amides is 1. The summed E-state index contributed by atoms with van der Waals surface area (Å²) in [5, 5.41) is 4.33. The van der Waals surface area contributed by atoms with E-state index in [2.05, 4.69) is 22.7 Å². The molecular weight excluding hydrogens is 234 g/mol. The minimum absolute atomic E-state index is 0.212. The van der Waals surface area contributed by atoms with Gasteiger partial charge in [0.05, 0.1) is 12.0 Å². The second kappa shape index (κ2) is 5.77. The molecule has 4 nitrogen and oxygen atoms in total. The summed E-state index contributed by atoms with van der Waals surface area (Å²) in [6.45, 7) is 0. The van der Waals surface area contributed by atoms with E-state index in [1.807, 2.05) is 0 Å². The average Bonchev–Trinajstić information content (AvgIpc) is 2.77. The molecular formula is C9H11NO3S2. The van der Waals surface area contributed by atoms with Crippen molar-refractivity contribution in [2.45, 2.75) is 6.04 Å². The monoisotopic (exact) mass is 245 g/mol. The van der Waals surface area contributed by atoms with E-state index in [-0.39, 0.29) is 11.7 Å². The van der Waals surface area contributed by atoms with E-state index in [0.717, 1.165) is 0 Å². The molecule has 0 radical (unpaired) electrons. The molecule has 1 atom stereocenters. The maximum absolute atomic E-state index is 11.6. The van der Waals surface area contributed by atoms with Crippen molar-refractivity contribution in [3.63, 3.8) is 0 Å². The maximum atomic E-state index is 11.6. The third-order valence-electron chi connectivity index (χ3n) is 1.72. The Bertz CT molecular complexity index is 337. The lowest BCUT2D eigenvalue weighted by molar-refractivity contribution is -0.142. The molecule has 0 bridgehead atoms. The number of esters is 1. The van der Waals surface area contributed by atoms with Gasteiger partial charge in [-0.3, -0.25) is 4.79 Å². The zero-order valence-corrected chi connectivity index (χ0v) is 9.81. The molecule has 0 spiro atoms. The van der Waals surface area contributed by atoms with Gasteiger partial charge in [0.2, 0.25) is 0 Å². The van der Waals surface area contributed by atoms with Crippen LogP contribution in [0.5, 0.6) is 0 Å². The first-order chi connectivity index (χ1) is 7.19. The molecule has 0 aliphatic heterocycles. The van der Waals surface area contributed by atoms with Crippen LogP contribution in [0, 0.1) is 0 Å². The minimum Gasteiger partial charge on any atom is -0.467 e. The lowest BCUT2D eigenvalue weighted by atomic mass is 10.3. The van der Waals surface area contributed by atoms with E-state index < -0.39 is 12.0 Å². The van der Waals surface area contributed by atoms with E-state index in [0.29, 0.717) is 4.88 Å². The van der Waals surface area contributed by atoms with Gasteiger partial charge in [-0.2, -0.15) is 12.6 Å². The van der Waals surface area contributed by atoms with Crippen LogP contribution in [-0.4, -0.2) is 30.8 Å². The molecule has 0 saturated carbocycles. The van der Waals surface area contributed by atoms with Gasteiger partial charge in [-0.25, -0.2) is 4.79 Å². The number of carbonyl (C=O) groups excluding carboxylic acids is 2. The quantitative estimate of drug-likeness (QED) is 0.613. The highest BCUT2D eigenvalue weighted by Gasteiger charge is 2.20. The van der Waals surface area contributed by atoms with Crippen LogP contribution in [0.1, 0.15) is 9.67 Å². The zero-order chi connectivity index (χ0) is 11.3. The van der Waals surface area contributed by atoms with Gasteiger partial charge in [0.1, 0.15) is 6.04 Å². The van der Waals surface area contributed by atoms with Gasteiger partial charge < -0.3 is 10.1 Å². The van der Waals surface area contributed by atoms with Gasteiger partial charge in [0.15, 0.2) is 0 Å². The minimum atomic E-state index is -0.701. The first-order valence-electron chi connectivity index (χ1n) is 4.22. The van der Waals surface area contributed by atoms with Crippen LogP contribution in [-0.2, 0) is 9.53 Å². The molecule has 1 heterocycles. The molecule has 0 aliphatic carbocycles. The highest BCUT2D eigenvalue weighted by Crippen LogP contribution is 2.08. The molecule has 1 rings (SSSR count). The van der Waals surface area contributed by atoms with Crippen molar-refractivity contribution in [1.82, 2.24) is 5.32 Å². The Hall–Kier alpha value is -1.01. The lowest BCUT2D eigenvalue weighted by Gasteiger charge is -2.12. The Morgan fingerprint density at radius 1 is 1.67 bits per heavy atom. The van der Waals surface area contributed by atoms with Crippen LogP contribution < -0.4 is 5.32 Å². The number of hydrogen-bond donors (Lipinski definition) is 2. The van der Waals surface area contributed by atoms with E-state index in [1.165, 1.54) is 18.4 Å².